The summed E-state index contributed by atoms with van der Waals surface area (Å²) in [7, 11) is 0. The van der Waals surface area contributed by atoms with E-state index in [9.17, 15) is 14.4 Å². The fraction of sp³-hybridized carbons (Fsp3) is 0.107. The number of anilines is 1. The van der Waals surface area contributed by atoms with Crippen LogP contribution in [0.1, 0.15) is 16.8 Å². The molecule has 1 fully saturated rings. The van der Waals surface area contributed by atoms with E-state index in [4.69, 9.17) is 0 Å². The van der Waals surface area contributed by atoms with Crippen molar-refractivity contribution in [3.8, 4) is 5.69 Å². The second kappa shape index (κ2) is 9.27. The Balaban J connectivity index is 1.36. The number of carbonyl (C=O) groups is 3. The average Bonchev–Trinajstić information content (AvgIpc) is 3.41. The van der Waals surface area contributed by atoms with Crippen LogP contribution in [0.5, 0.6) is 0 Å². The molecule has 5 rings (SSSR count). The summed E-state index contributed by atoms with van der Waals surface area (Å²) in [6.07, 6.45) is 3.61. The van der Waals surface area contributed by atoms with Crippen molar-refractivity contribution in [2.45, 2.75) is 13.8 Å². The Morgan fingerprint density at radius 1 is 0.914 bits per heavy atom. The minimum Gasteiger partial charge on any atom is -0.324 e. The normalized spacial score (nSPS) is 14.8. The number of amides is 3. The van der Waals surface area contributed by atoms with Crippen LogP contribution < -0.4 is 5.32 Å². The number of nitrogens with zero attached hydrogens (tertiary/aromatic N) is 2. The van der Waals surface area contributed by atoms with Crippen molar-refractivity contribution in [2.75, 3.05) is 11.9 Å². The highest BCUT2D eigenvalue weighted by atomic mass is 32.2. The zero-order valence-electron chi connectivity index (χ0n) is 19.3. The second-order valence-electron chi connectivity index (χ2n) is 8.42. The number of aryl methyl sites for hydroxylation is 2. The molecule has 2 heterocycles. The molecule has 1 aromatic heterocycles. The monoisotopic (exact) mass is 481 g/mol. The maximum absolute atomic E-state index is 13.0. The lowest BCUT2D eigenvalue weighted by molar-refractivity contribution is -0.127. The van der Waals surface area contributed by atoms with Crippen LogP contribution in [0.4, 0.5) is 10.5 Å². The SMILES string of the molecule is Cc1cccc(C)c1NC(=O)CN1C(=O)S/C(=C\c2cccn2-c2ccc3ccccc3c2)C1=O. The molecule has 0 spiro atoms. The topological polar surface area (TPSA) is 71.4 Å². The number of thioether (sulfide) groups is 1. The Kier molecular flexibility index (Phi) is 6.01. The Hall–Kier alpha value is -4.10. The van der Waals surface area contributed by atoms with E-state index in [0.29, 0.717) is 5.69 Å². The lowest BCUT2D eigenvalue weighted by Crippen LogP contribution is -2.36. The van der Waals surface area contributed by atoms with E-state index in [-0.39, 0.29) is 11.4 Å². The third kappa shape index (κ3) is 4.50. The minimum atomic E-state index is -0.470. The number of hydrogen-bond acceptors (Lipinski definition) is 4. The number of benzene rings is 3. The van der Waals surface area contributed by atoms with Crippen molar-refractivity contribution in [1.82, 2.24) is 9.47 Å². The Morgan fingerprint density at radius 2 is 1.66 bits per heavy atom. The van der Waals surface area contributed by atoms with Gasteiger partial charge < -0.3 is 9.88 Å². The van der Waals surface area contributed by atoms with E-state index in [1.165, 1.54) is 0 Å². The molecule has 3 amide bonds. The molecule has 0 aliphatic carbocycles. The summed E-state index contributed by atoms with van der Waals surface area (Å²) in [5, 5.41) is 4.63. The van der Waals surface area contributed by atoms with Crippen LogP contribution in [0.15, 0.2) is 83.9 Å². The maximum atomic E-state index is 13.0. The van der Waals surface area contributed by atoms with Crippen molar-refractivity contribution < 1.29 is 14.4 Å². The minimum absolute atomic E-state index is 0.288. The molecule has 6 nitrogen and oxygen atoms in total. The van der Waals surface area contributed by atoms with Crippen LogP contribution in [-0.4, -0.2) is 33.1 Å². The number of nitrogens with one attached hydrogen (secondary N) is 1. The quantitative estimate of drug-likeness (QED) is 0.359. The van der Waals surface area contributed by atoms with Crippen LogP contribution in [0, 0.1) is 13.8 Å². The number of rotatable bonds is 5. The maximum Gasteiger partial charge on any atom is 0.294 e. The summed E-state index contributed by atoms with van der Waals surface area (Å²) in [4.78, 5) is 39.5. The summed E-state index contributed by atoms with van der Waals surface area (Å²) in [6.45, 7) is 3.47. The van der Waals surface area contributed by atoms with Crippen molar-refractivity contribution in [2.24, 2.45) is 0 Å². The van der Waals surface area contributed by atoms with Crippen LogP contribution >= 0.6 is 11.8 Å². The molecule has 35 heavy (non-hydrogen) atoms. The summed E-state index contributed by atoms with van der Waals surface area (Å²) in [5.74, 6) is -0.881. The number of fused-ring (bicyclic) bond motifs is 1. The van der Waals surface area contributed by atoms with Gasteiger partial charge in [0.05, 0.1) is 4.91 Å². The molecule has 1 N–H and O–H groups in total. The van der Waals surface area contributed by atoms with E-state index in [1.807, 2.05) is 73.1 Å². The van der Waals surface area contributed by atoms with Gasteiger partial charge in [0.1, 0.15) is 6.54 Å². The van der Waals surface area contributed by atoms with Gasteiger partial charge in [-0.3, -0.25) is 19.3 Å². The second-order valence-corrected chi connectivity index (χ2v) is 9.41. The Bertz CT molecular complexity index is 1500. The van der Waals surface area contributed by atoms with Crippen molar-refractivity contribution in [1.29, 1.82) is 0 Å². The first kappa shape index (κ1) is 22.7. The fourth-order valence-corrected chi connectivity index (χ4v) is 5.00. The van der Waals surface area contributed by atoms with Crippen molar-refractivity contribution in [3.05, 3.63) is 101 Å². The van der Waals surface area contributed by atoms with Crippen molar-refractivity contribution in [3.63, 3.8) is 0 Å². The average molecular weight is 482 g/mol. The first-order valence-corrected chi connectivity index (χ1v) is 12.0. The molecule has 0 unspecified atom stereocenters. The standard InChI is InChI=1S/C28H23N3O3S/c1-18-7-5-8-19(2)26(18)29-25(32)17-31-27(33)24(35-28(31)34)16-22-11-6-14-30(22)23-13-12-20-9-3-4-10-21(20)15-23/h3-16H,17H2,1-2H3,(H,29,32)/b24-16-. The molecular formula is C28H23N3O3S. The van der Waals surface area contributed by atoms with Gasteiger partial charge in [-0.25, -0.2) is 0 Å². The van der Waals surface area contributed by atoms with E-state index < -0.39 is 17.1 Å². The van der Waals surface area contributed by atoms with Gasteiger partial charge >= 0.3 is 0 Å². The van der Waals surface area contributed by atoms with Gasteiger partial charge in [-0.05, 0) is 77.9 Å². The lowest BCUT2D eigenvalue weighted by atomic mass is 10.1. The summed E-state index contributed by atoms with van der Waals surface area (Å²) >= 11 is 0.846. The number of para-hydroxylation sites is 1. The molecule has 4 aromatic rings. The van der Waals surface area contributed by atoms with Crippen molar-refractivity contribution >= 4 is 51.4 Å². The zero-order valence-corrected chi connectivity index (χ0v) is 20.1. The predicted octanol–water partition coefficient (Wildman–Crippen LogP) is 5.92. The summed E-state index contributed by atoms with van der Waals surface area (Å²) < 4.78 is 1.97. The van der Waals surface area contributed by atoms with E-state index in [2.05, 4.69) is 29.6 Å². The first-order chi connectivity index (χ1) is 16.9. The number of aromatic nitrogens is 1. The largest absolute Gasteiger partial charge is 0.324 e. The van der Waals surface area contributed by atoms with E-state index in [0.717, 1.165) is 49.9 Å². The molecule has 0 atom stereocenters. The molecule has 7 heteroatoms. The van der Waals surface area contributed by atoms with Gasteiger partial charge in [-0.2, -0.15) is 0 Å². The number of imide groups is 1. The lowest BCUT2D eigenvalue weighted by Gasteiger charge is -2.15. The smallest absolute Gasteiger partial charge is 0.294 e. The highest BCUT2D eigenvalue weighted by Gasteiger charge is 2.36. The van der Waals surface area contributed by atoms with Crippen LogP contribution in [-0.2, 0) is 9.59 Å². The van der Waals surface area contributed by atoms with Crippen LogP contribution in [0.2, 0.25) is 0 Å². The molecule has 0 radical (unpaired) electrons. The van der Waals surface area contributed by atoms with Gasteiger partial charge in [0, 0.05) is 23.3 Å². The molecule has 1 aliphatic rings. The molecular weight excluding hydrogens is 458 g/mol. The third-order valence-electron chi connectivity index (χ3n) is 5.99. The van der Waals surface area contributed by atoms with Gasteiger partial charge in [-0.1, -0.05) is 48.5 Å². The third-order valence-corrected chi connectivity index (χ3v) is 6.90. The van der Waals surface area contributed by atoms with Gasteiger partial charge in [-0.15, -0.1) is 0 Å². The Morgan fingerprint density at radius 3 is 2.43 bits per heavy atom. The molecule has 0 bridgehead atoms. The van der Waals surface area contributed by atoms with Gasteiger partial charge in [0.25, 0.3) is 11.1 Å². The van der Waals surface area contributed by atoms with Crippen LogP contribution in [0.3, 0.4) is 0 Å². The first-order valence-electron chi connectivity index (χ1n) is 11.2. The summed E-state index contributed by atoms with van der Waals surface area (Å²) in [5.41, 5.74) is 4.26. The molecule has 1 aliphatic heterocycles. The number of hydrogen-bond donors (Lipinski definition) is 1. The van der Waals surface area contributed by atoms with E-state index in [1.54, 1.807) is 6.08 Å². The Labute approximate surface area is 207 Å². The molecule has 0 saturated carbocycles. The highest BCUT2D eigenvalue weighted by Crippen LogP contribution is 2.33. The molecule has 174 valence electrons. The molecule has 1 saturated heterocycles. The molecule has 3 aromatic carbocycles. The predicted molar refractivity (Wildman–Crippen MR) is 140 cm³/mol. The zero-order chi connectivity index (χ0) is 24.5. The van der Waals surface area contributed by atoms with E-state index >= 15 is 0 Å². The number of carbonyl (C=O) groups excluding carboxylic acids is 3. The van der Waals surface area contributed by atoms with Gasteiger partial charge in [0.15, 0.2) is 0 Å². The summed E-state index contributed by atoms with van der Waals surface area (Å²) in [6, 6.07) is 23.7. The van der Waals surface area contributed by atoms with Gasteiger partial charge in [0.2, 0.25) is 5.91 Å². The highest BCUT2D eigenvalue weighted by molar-refractivity contribution is 8.18. The van der Waals surface area contributed by atoms with Crippen LogP contribution in [0.25, 0.3) is 22.5 Å². The fourth-order valence-electron chi connectivity index (χ4n) is 4.18.